The van der Waals surface area contributed by atoms with Crippen LogP contribution in [0.3, 0.4) is 0 Å². The highest BCUT2D eigenvalue weighted by Crippen LogP contribution is 2.20. The highest BCUT2D eigenvalue weighted by Gasteiger charge is 2.20. The second-order valence-electron chi connectivity index (χ2n) is 6.32. The number of carbonyl (C=O) groups excluding carboxylic acids is 1. The van der Waals surface area contributed by atoms with Crippen LogP contribution in [0.1, 0.15) is 33.1 Å². The van der Waals surface area contributed by atoms with Crippen LogP contribution in [-0.4, -0.2) is 51.8 Å². The Morgan fingerprint density at radius 3 is 2.71 bits per heavy atom. The summed E-state index contributed by atoms with van der Waals surface area (Å²) in [5, 5.41) is 6.96. The third kappa shape index (κ3) is 5.83. The van der Waals surface area contributed by atoms with Gasteiger partial charge in [-0.2, -0.15) is 5.10 Å². The smallest absolute Gasteiger partial charge is 0.221 e. The Morgan fingerprint density at radius 2 is 2.05 bits per heavy atom. The van der Waals surface area contributed by atoms with E-state index < -0.39 is 0 Å². The number of nitrogens with zero attached hydrogens (tertiary/aromatic N) is 4. The van der Waals surface area contributed by atoms with Crippen LogP contribution in [0.5, 0.6) is 0 Å². The van der Waals surface area contributed by atoms with E-state index in [1.807, 2.05) is 0 Å². The highest BCUT2D eigenvalue weighted by atomic mass is 16.1. The van der Waals surface area contributed by atoms with E-state index in [2.05, 4.69) is 34.1 Å². The van der Waals surface area contributed by atoms with E-state index in [1.165, 1.54) is 25.8 Å². The highest BCUT2D eigenvalue weighted by molar-refractivity contribution is 5.75. The summed E-state index contributed by atoms with van der Waals surface area (Å²) in [7, 11) is 0. The van der Waals surface area contributed by atoms with E-state index >= 15 is 0 Å². The molecule has 2 rings (SSSR count). The maximum atomic E-state index is 11.7. The third-order valence-corrected chi connectivity index (χ3v) is 3.95. The molecule has 1 aromatic rings. The summed E-state index contributed by atoms with van der Waals surface area (Å²) in [6.07, 6.45) is 5.94. The Balaban J connectivity index is 1.53. The Kier molecular flexibility index (Phi) is 6.17. The molecule has 0 radical (unpaired) electrons. The van der Waals surface area contributed by atoms with Gasteiger partial charge in [-0.3, -0.25) is 9.48 Å². The largest absolute Gasteiger partial charge is 0.356 e. The molecule has 1 amide bonds. The second-order valence-corrected chi connectivity index (χ2v) is 6.32. The quantitative estimate of drug-likeness (QED) is 0.766. The van der Waals surface area contributed by atoms with Crippen LogP contribution < -0.4 is 5.32 Å². The number of hydrogen-bond acceptors (Lipinski definition) is 4. The van der Waals surface area contributed by atoms with Gasteiger partial charge in [0.1, 0.15) is 12.7 Å². The van der Waals surface area contributed by atoms with Gasteiger partial charge in [0.15, 0.2) is 0 Å². The van der Waals surface area contributed by atoms with Gasteiger partial charge < -0.3 is 10.2 Å². The van der Waals surface area contributed by atoms with Gasteiger partial charge in [0.25, 0.3) is 0 Å². The summed E-state index contributed by atoms with van der Waals surface area (Å²) >= 11 is 0. The molecule has 0 aromatic carbocycles. The molecule has 0 spiro atoms. The number of rotatable bonds is 7. The second kappa shape index (κ2) is 8.12. The van der Waals surface area contributed by atoms with Gasteiger partial charge in [0, 0.05) is 26.1 Å². The molecule has 6 nitrogen and oxygen atoms in total. The van der Waals surface area contributed by atoms with Gasteiger partial charge in [0.05, 0.1) is 6.54 Å². The van der Waals surface area contributed by atoms with Crippen molar-refractivity contribution in [1.82, 2.24) is 25.0 Å². The molecule has 1 aromatic heterocycles. The lowest BCUT2D eigenvalue weighted by Crippen LogP contribution is -2.40. The number of carbonyl (C=O) groups is 1. The number of likely N-dealkylation sites (tertiary alicyclic amines) is 1. The van der Waals surface area contributed by atoms with Crippen molar-refractivity contribution >= 4 is 5.91 Å². The Bertz CT molecular complexity index is 410. The number of nitrogens with one attached hydrogen (secondary N) is 1. The molecule has 1 aliphatic rings. The lowest BCUT2D eigenvalue weighted by molar-refractivity contribution is -0.121. The molecule has 1 aliphatic heterocycles. The first kappa shape index (κ1) is 15.9. The van der Waals surface area contributed by atoms with E-state index in [0.29, 0.717) is 13.0 Å². The van der Waals surface area contributed by atoms with Crippen molar-refractivity contribution in [2.75, 3.05) is 26.2 Å². The summed E-state index contributed by atoms with van der Waals surface area (Å²) < 4.78 is 1.68. The molecule has 118 valence electrons. The minimum atomic E-state index is 0.0888. The van der Waals surface area contributed by atoms with Gasteiger partial charge in [0.2, 0.25) is 5.91 Å². The SMILES string of the molecule is C[C@H]1C[C@H](C)CN(CCCNC(=O)CCn2cncn2)C1. The van der Waals surface area contributed by atoms with E-state index in [0.717, 1.165) is 31.3 Å². The third-order valence-electron chi connectivity index (χ3n) is 3.95. The van der Waals surface area contributed by atoms with E-state index in [4.69, 9.17) is 0 Å². The molecular formula is C15H27N5O. The maximum absolute atomic E-state index is 11.7. The van der Waals surface area contributed by atoms with E-state index in [-0.39, 0.29) is 5.91 Å². The van der Waals surface area contributed by atoms with Crippen LogP contribution in [0, 0.1) is 11.8 Å². The molecule has 0 bridgehead atoms. The Labute approximate surface area is 126 Å². The predicted octanol–water partition coefficient (Wildman–Crippen LogP) is 1.15. The molecule has 0 unspecified atom stereocenters. The van der Waals surface area contributed by atoms with Crippen LogP contribution in [0.25, 0.3) is 0 Å². The molecular weight excluding hydrogens is 266 g/mol. The molecule has 2 atom stereocenters. The van der Waals surface area contributed by atoms with Crippen molar-refractivity contribution < 1.29 is 4.79 Å². The normalized spacial score (nSPS) is 23.1. The van der Waals surface area contributed by atoms with Crippen LogP contribution in [-0.2, 0) is 11.3 Å². The lowest BCUT2D eigenvalue weighted by Gasteiger charge is -2.34. The van der Waals surface area contributed by atoms with Gasteiger partial charge in [-0.25, -0.2) is 4.98 Å². The molecule has 1 N–H and O–H groups in total. The van der Waals surface area contributed by atoms with Crippen molar-refractivity contribution in [3.8, 4) is 0 Å². The minimum absolute atomic E-state index is 0.0888. The summed E-state index contributed by atoms with van der Waals surface area (Å²) in [6.45, 7) is 9.48. The number of aromatic nitrogens is 3. The minimum Gasteiger partial charge on any atom is -0.356 e. The van der Waals surface area contributed by atoms with Gasteiger partial charge >= 0.3 is 0 Å². The fourth-order valence-corrected chi connectivity index (χ4v) is 3.16. The zero-order valence-electron chi connectivity index (χ0n) is 13.2. The van der Waals surface area contributed by atoms with Crippen molar-refractivity contribution in [2.45, 2.75) is 39.7 Å². The predicted molar refractivity (Wildman–Crippen MR) is 81.7 cm³/mol. The average Bonchev–Trinajstić information content (AvgIpc) is 2.93. The standard InChI is InChI=1S/C15H27N5O/c1-13-8-14(2)10-19(9-13)6-3-5-17-15(21)4-7-20-12-16-11-18-20/h11-14H,3-10H2,1-2H3,(H,17,21)/t13-,14-/m0/s1. The van der Waals surface area contributed by atoms with Crippen molar-refractivity contribution in [3.63, 3.8) is 0 Å². The topological polar surface area (TPSA) is 63.1 Å². The molecule has 6 heteroatoms. The van der Waals surface area contributed by atoms with Gasteiger partial charge in [-0.05, 0) is 31.2 Å². The molecule has 1 saturated heterocycles. The summed E-state index contributed by atoms with van der Waals surface area (Å²) in [5.74, 6) is 1.68. The van der Waals surface area contributed by atoms with E-state index in [9.17, 15) is 4.79 Å². The molecule has 0 aliphatic carbocycles. The first-order chi connectivity index (χ1) is 10.1. The van der Waals surface area contributed by atoms with Crippen LogP contribution in [0.4, 0.5) is 0 Å². The molecule has 21 heavy (non-hydrogen) atoms. The van der Waals surface area contributed by atoms with Crippen molar-refractivity contribution in [2.24, 2.45) is 11.8 Å². The summed E-state index contributed by atoms with van der Waals surface area (Å²) in [5.41, 5.74) is 0. The van der Waals surface area contributed by atoms with Crippen LogP contribution in [0.15, 0.2) is 12.7 Å². The van der Waals surface area contributed by atoms with Gasteiger partial charge in [-0.1, -0.05) is 13.8 Å². The van der Waals surface area contributed by atoms with Crippen LogP contribution in [0.2, 0.25) is 0 Å². The number of piperidine rings is 1. The fraction of sp³-hybridized carbons (Fsp3) is 0.800. The van der Waals surface area contributed by atoms with E-state index in [1.54, 1.807) is 11.0 Å². The Hall–Kier alpha value is -1.43. The number of aryl methyl sites for hydroxylation is 1. The first-order valence-electron chi connectivity index (χ1n) is 7.95. The fourth-order valence-electron chi connectivity index (χ4n) is 3.16. The molecule has 1 fully saturated rings. The summed E-state index contributed by atoms with van der Waals surface area (Å²) in [4.78, 5) is 18.1. The summed E-state index contributed by atoms with van der Waals surface area (Å²) in [6, 6.07) is 0. The maximum Gasteiger partial charge on any atom is 0.221 e. The average molecular weight is 293 g/mol. The zero-order chi connectivity index (χ0) is 15.1. The van der Waals surface area contributed by atoms with Crippen molar-refractivity contribution in [3.05, 3.63) is 12.7 Å². The zero-order valence-corrected chi connectivity index (χ0v) is 13.2. The molecule has 2 heterocycles. The van der Waals surface area contributed by atoms with Crippen LogP contribution >= 0.6 is 0 Å². The number of hydrogen-bond donors (Lipinski definition) is 1. The Morgan fingerprint density at radius 1 is 1.29 bits per heavy atom. The first-order valence-corrected chi connectivity index (χ1v) is 7.95. The lowest BCUT2D eigenvalue weighted by atomic mass is 9.92. The molecule has 0 saturated carbocycles. The van der Waals surface area contributed by atoms with Crippen molar-refractivity contribution in [1.29, 1.82) is 0 Å². The number of amides is 1. The van der Waals surface area contributed by atoms with Gasteiger partial charge in [-0.15, -0.1) is 0 Å². The monoisotopic (exact) mass is 293 g/mol.